The van der Waals surface area contributed by atoms with Crippen LogP contribution in [0.4, 0.5) is 13.2 Å². The molecule has 84 valence electrons. The van der Waals surface area contributed by atoms with Crippen molar-refractivity contribution in [1.82, 2.24) is 0 Å². The molecule has 1 nitrogen and oxygen atoms in total. The van der Waals surface area contributed by atoms with Crippen LogP contribution in [0.2, 0.25) is 0 Å². The maximum Gasteiger partial charge on any atom is 0.389 e. The molecule has 4 heteroatoms. The summed E-state index contributed by atoms with van der Waals surface area (Å²) in [4.78, 5) is 0. The van der Waals surface area contributed by atoms with E-state index in [1.54, 1.807) is 12.1 Å². The number of alkyl halides is 3. The summed E-state index contributed by atoms with van der Waals surface area (Å²) >= 11 is 0. The number of halogens is 3. The first-order chi connectivity index (χ1) is 6.88. The van der Waals surface area contributed by atoms with Crippen molar-refractivity contribution < 1.29 is 13.2 Å². The maximum absolute atomic E-state index is 11.9. The summed E-state index contributed by atoms with van der Waals surface area (Å²) in [6.07, 6.45) is -5.02. The van der Waals surface area contributed by atoms with E-state index in [-0.39, 0.29) is 6.42 Å². The number of nitrogens with two attached hydrogens (primary N) is 1. The Morgan fingerprint density at radius 1 is 1.20 bits per heavy atom. The van der Waals surface area contributed by atoms with Crippen LogP contribution in [0.1, 0.15) is 30.0 Å². The molecule has 0 radical (unpaired) electrons. The van der Waals surface area contributed by atoms with Gasteiger partial charge in [-0.15, -0.1) is 0 Å². The molecule has 0 aliphatic carbocycles. The fraction of sp³-hybridized carbons (Fsp3) is 0.455. The molecule has 0 heterocycles. The molecule has 1 rings (SSSR count). The molecule has 2 N–H and O–H groups in total. The van der Waals surface area contributed by atoms with Gasteiger partial charge in [0.1, 0.15) is 0 Å². The first-order valence-electron chi connectivity index (χ1n) is 4.77. The lowest BCUT2D eigenvalue weighted by Gasteiger charge is -2.13. The van der Waals surface area contributed by atoms with Gasteiger partial charge in [0, 0.05) is 12.5 Å². The van der Waals surface area contributed by atoms with Gasteiger partial charge in [-0.3, -0.25) is 0 Å². The molecular weight excluding hydrogens is 203 g/mol. The Kier molecular flexibility index (Phi) is 3.74. The van der Waals surface area contributed by atoms with Crippen LogP contribution < -0.4 is 5.73 Å². The number of hydrogen-bond acceptors (Lipinski definition) is 1. The van der Waals surface area contributed by atoms with Gasteiger partial charge in [0.2, 0.25) is 0 Å². The van der Waals surface area contributed by atoms with Crippen LogP contribution in [-0.4, -0.2) is 6.18 Å². The summed E-state index contributed by atoms with van der Waals surface area (Å²) in [7, 11) is 0. The van der Waals surface area contributed by atoms with E-state index in [1.807, 2.05) is 19.1 Å². The van der Waals surface area contributed by atoms with Crippen molar-refractivity contribution in [2.75, 3.05) is 0 Å². The first kappa shape index (κ1) is 12.0. The first-order valence-corrected chi connectivity index (χ1v) is 4.77. The second-order valence-electron chi connectivity index (χ2n) is 3.67. The highest BCUT2D eigenvalue weighted by Gasteiger charge is 2.27. The molecule has 0 bridgehead atoms. The number of aryl methyl sites for hydroxylation is 1. The van der Waals surface area contributed by atoms with Gasteiger partial charge < -0.3 is 5.73 Å². The van der Waals surface area contributed by atoms with Crippen molar-refractivity contribution in [3.63, 3.8) is 0 Å². The highest BCUT2D eigenvalue weighted by molar-refractivity contribution is 5.23. The lowest BCUT2D eigenvalue weighted by Crippen LogP contribution is -2.15. The lowest BCUT2D eigenvalue weighted by atomic mass is 10.0. The minimum atomic E-state index is -4.12. The molecule has 0 aromatic heterocycles. The van der Waals surface area contributed by atoms with Crippen molar-refractivity contribution in [3.05, 3.63) is 35.4 Å². The van der Waals surface area contributed by atoms with E-state index in [0.717, 1.165) is 11.1 Å². The van der Waals surface area contributed by atoms with Crippen molar-refractivity contribution in [3.8, 4) is 0 Å². The summed E-state index contributed by atoms with van der Waals surface area (Å²) in [6, 6.07) is 6.71. The SMILES string of the molecule is Cc1ccc([C@@H](N)CCC(F)(F)F)cc1. The van der Waals surface area contributed by atoms with Crippen LogP contribution >= 0.6 is 0 Å². The summed E-state index contributed by atoms with van der Waals surface area (Å²) in [5.74, 6) is 0. The predicted octanol–water partition coefficient (Wildman–Crippen LogP) is 3.34. The Hall–Kier alpha value is -1.03. The van der Waals surface area contributed by atoms with Crippen molar-refractivity contribution in [2.45, 2.75) is 32.0 Å². The third kappa shape index (κ3) is 4.34. The van der Waals surface area contributed by atoms with E-state index in [1.165, 1.54) is 0 Å². The Labute approximate surface area is 87.1 Å². The van der Waals surface area contributed by atoms with Crippen LogP contribution in [0.15, 0.2) is 24.3 Å². The van der Waals surface area contributed by atoms with Crippen molar-refractivity contribution >= 4 is 0 Å². The number of hydrogen-bond donors (Lipinski definition) is 1. The molecule has 15 heavy (non-hydrogen) atoms. The fourth-order valence-corrected chi connectivity index (χ4v) is 1.30. The van der Waals surface area contributed by atoms with Gasteiger partial charge >= 0.3 is 6.18 Å². The highest BCUT2D eigenvalue weighted by atomic mass is 19.4. The summed E-state index contributed by atoms with van der Waals surface area (Å²) in [6.45, 7) is 1.92. The van der Waals surface area contributed by atoms with Crippen LogP contribution in [0.5, 0.6) is 0 Å². The van der Waals surface area contributed by atoms with Crippen LogP contribution in [0.3, 0.4) is 0 Å². The highest BCUT2D eigenvalue weighted by Crippen LogP contribution is 2.26. The molecule has 0 amide bonds. The Morgan fingerprint density at radius 2 is 1.73 bits per heavy atom. The summed E-state index contributed by atoms with van der Waals surface area (Å²) in [5, 5.41) is 0. The van der Waals surface area contributed by atoms with E-state index >= 15 is 0 Å². The summed E-state index contributed by atoms with van der Waals surface area (Å²) < 4.78 is 35.8. The molecule has 0 spiro atoms. The minimum absolute atomic E-state index is 0.0629. The monoisotopic (exact) mass is 217 g/mol. The van der Waals surface area contributed by atoms with E-state index < -0.39 is 18.6 Å². The smallest absolute Gasteiger partial charge is 0.324 e. The topological polar surface area (TPSA) is 26.0 Å². The zero-order valence-electron chi connectivity index (χ0n) is 8.51. The molecule has 0 fully saturated rings. The van der Waals surface area contributed by atoms with Gasteiger partial charge in [-0.1, -0.05) is 29.8 Å². The number of rotatable bonds is 3. The van der Waals surface area contributed by atoms with Gasteiger partial charge in [0.25, 0.3) is 0 Å². The minimum Gasteiger partial charge on any atom is -0.324 e. The molecule has 0 unspecified atom stereocenters. The molecule has 0 saturated heterocycles. The van der Waals surface area contributed by atoms with Crippen LogP contribution in [-0.2, 0) is 0 Å². The zero-order chi connectivity index (χ0) is 11.5. The second-order valence-corrected chi connectivity index (χ2v) is 3.67. The average Bonchev–Trinajstić information content (AvgIpc) is 2.14. The lowest BCUT2D eigenvalue weighted by molar-refractivity contribution is -0.136. The van der Waals surface area contributed by atoms with E-state index in [2.05, 4.69) is 0 Å². The predicted molar refractivity (Wildman–Crippen MR) is 53.4 cm³/mol. The standard InChI is InChI=1S/C11H14F3N/c1-8-2-4-9(5-3-8)10(15)6-7-11(12,13)14/h2-5,10H,6-7,15H2,1H3/t10-/m0/s1. The Bertz CT molecular complexity index is 303. The van der Waals surface area contributed by atoms with Crippen LogP contribution in [0.25, 0.3) is 0 Å². The zero-order valence-corrected chi connectivity index (χ0v) is 8.51. The van der Waals surface area contributed by atoms with Gasteiger partial charge in [0.05, 0.1) is 0 Å². The fourth-order valence-electron chi connectivity index (χ4n) is 1.30. The van der Waals surface area contributed by atoms with Crippen molar-refractivity contribution in [1.29, 1.82) is 0 Å². The molecular formula is C11H14F3N. The Balaban J connectivity index is 2.54. The number of benzene rings is 1. The van der Waals surface area contributed by atoms with Gasteiger partial charge in [0.15, 0.2) is 0 Å². The molecule has 0 aliphatic heterocycles. The summed E-state index contributed by atoms with van der Waals surface area (Å²) in [5.41, 5.74) is 7.48. The van der Waals surface area contributed by atoms with E-state index in [4.69, 9.17) is 5.73 Å². The molecule has 1 atom stereocenters. The third-order valence-corrected chi connectivity index (χ3v) is 2.24. The molecule has 0 aliphatic rings. The molecule has 1 aromatic carbocycles. The second kappa shape index (κ2) is 4.66. The van der Waals surface area contributed by atoms with Gasteiger partial charge in [-0.2, -0.15) is 13.2 Å². The van der Waals surface area contributed by atoms with Gasteiger partial charge in [-0.05, 0) is 18.9 Å². The largest absolute Gasteiger partial charge is 0.389 e. The van der Waals surface area contributed by atoms with E-state index in [9.17, 15) is 13.2 Å². The van der Waals surface area contributed by atoms with Crippen LogP contribution in [0, 0.1) is 6.92 Å². The normalized spacial score (nSPS) is 13.9. The Morgan fingerprint density at radius 3 is 2.20 bits per heavy atom. The molecule has 1 aromatic rings. The maximum atomic E-state index is 11.9. The molecule has 0 saturated carbocycles. The quantitative estimate of drug-likeness (QED) is 0.825. The van der Waals surface area contributed by atoms with Crippen molar-refractivity contribution in [2.24, 2.45) is 5.73 Å². The average molecular weight is 217 g/mol. The van der Waals surface area contributed by atoms with E-state index in [0.29, 0.717) is 0 Å². The third-order valence-electron chi connectivity index (χ3n) is 2.24. The van der Waals surface area contributed by atoms with Gasteiger partial charge in [-0.25, -0.2) is 0 Å².